The summed E-state index contributed by atoms with van der Waals surface area (Å²) in [7, 11) is -4.47. The molecule has 0 spiro atoms. The molecule has 0 aliphatic rings. The van der Waals surface area contributed by atoms with Crippen molar-refractivity contribution in [2.75, 3.05) is 12.3 Å². The Balaban J connectivity index is 3.95. The van der Waals surface area contributed by atoms with Crippen molar-refractivity contribution in [1.82, 2.24) is 5.32 Å². The van der Waals surface area contributed by atoms with Crippen molar-refractivity contribution in [3.63, 3.8) is 0 Å². The first-order valence-electron chi connectivity index (χ1n) is 6.20. The SMILES string of the molecule is CC(C)(CCCNC(=O)OC(C)(C)C)CS(=O)(=O)F. The Morgan fingerprint density at radius 3 is 2.16 bits per heavy atom. The summed E-state index contributed by atoms with van der Waals surface area (Å²) in [5.74, 6) is -0.508. The van der Waals surface area contributed by atoms with E-state index < -0.39 is 33.1 Å². The maximum absolute atomic E-state index is 12.6. The third kappa shape index (κ3) is 11.9. The van der Waals surface area contributed by atoms with Gasteiger partial charge in [-0.25, -0.2) is 4.79 Å². The van der Waals surface area contributed by atoms with Crippen molar-refractivity contribution in [2.45, 2.75) is 53.1 Å². The van der Waals surface area contributed by atoms with E-state index >= 15 is 0 Å². The number of amides is 1. The van der Waals surface area contributed by atoms with Crippen LogP contribution in [0.1, 0.15) is 47.5 Å². The topological polar surface area (TPSA) is 72.5 Å². The molecule has 0 saturated carbocycles. The molecule has 1 N–H and O–H groups in total. The molecule has 0 bridgehead atoms. The summed E-state index contributed by atoms with van der Waals surface area (Å²) in [6.45, 7) is 9.02. The van der Waals surface area contributed by atoms with E-state index in [0.29, 0.717) is 19.4 Å². The van der Waals surface area contributed by atoms with Crippen molar-refractivity contribution < 1.29 is 21.8 Å². The zero-order chi connectivity index (χ0) is 15.3. The van der Waals surface area contributed by atoms with Crippen molar-refractivity contribution in [2.24, 2.45) is 5.41 Å². The largest absolute Gasteiger partial charge is 0.444 e. The van der Waals surface area contributed by atoms with Crippen LogP contribution in [0.4, 0.5) is 8.68 Å². The highest BCUT2D eigenvalue weighted by Gasteiger charge is 2.25. The molecule has 0 unspecified atom stereocenters. The number of nitrogens with one attached hydrogen (secondary N) is 1. The molecule has 1 amide bonds. The van der Waals surface area contributed by atoms with Crippen LogP contribution in [0, 0.1) is 5.41 Å². The lowest BCUT2D eigenvalue weighted by molar-refractivity contribution is 0.0525. The van der Waals surface area contributed by atoms with Gasteiger partial charge in [0.25, 0.3) is 0 Å². The standard InChI is InChI=1S/C12H24FNO4S/c1-11(2,3)18-10(15)14-8-6-7-12(4,5)9-19(13,16)17/h6-9H2,1-5H3,(H,14,15). The summed E-state index contributed by atoms with van der Waals surface area (Å²) in [6, 6.07) is 0. The van der Waals surface area contributed by atoms with Gasteiger partial charge in [-0.05, 0) is 39.0 Å². The first kappa shape index (κ1) is 18.1. The maximum atomic E-state index is 12.6. The van der Waals surface area contributed by atoms with Crippen LogP contribution in [0.3, 0.4) is 0 Å². The Bertz CT molecular complexity index is 398. The van der Waals surface area contributed by atoms with Gasteiger partial charge in [0, 0.05) is 6.54 Å². The molecule has 0 saturated heterocycles. The lowest BCUT2D eigenvalue weighted by Gasteiger charge is -2.23. The number of carbonyl (C=O) groups is 1. The number of halogens is 1. The molecule has 0 heterocycles. The average molecular weight is 297 g/mol. The second-order valence-electron chi connectivity index (χ2n) is 6.38. The molecular formula is C12H24FNO4S. The second-order valence-corrected chi connectivity index (χ2v) is 7.75. The van der Waals surface area contributed by atoms with Crippen molar-refractivity contribution in [3.8, 4) is 0 Å². The fraction of sp³-hybridized carbons (Fsp3) is 0.917. The van der Waals surface area contributed by atoms with Crippen LogP contribution in [0.2, 0.25) is 0 Å². The Kier molecular flexibility index (Phi) is 6.25. The fourth-order valence-electron chi connectivity index (χ4n) is 1.61. The van der Waals surface area contributed by atoms with Crippen molar-refractivity contribution in [3.05, 3.63) is 0 Å². The van der Waals surface area contributed by atoms with Gasteiger partial charge in [0.05, 0.1) is 5.75 Å². The molecule has 0 atom stereocenters. The maximum Gasteiger partial charge on any atom is 0.407 e. The zero-order valence-electron chi connectivity index (χ0n) is 12.2. The quantitative estimate of drug-likeness (QED) is 0.604. The third-order valence-corrected chi connectivity index (χ3v) is 3.39. The van der Waals surface area contributed by atoms with Crippen LogP contribution in [0.25, 0.3) is 0 Å². The molecule has 19 heavy (non-hydrogen) atoms. The summed E-state index contributed by atoms with van der Waals surface area (Å²) in [5.41, 5.74) is -1.20. The van der Waals surface area contributed by atoms with Crippen LogP contribution in [-0.2, 0) is 15.0 Å². The number of rotatable bonds is 6. The van der Waals surface area contributed by atoms with E-state index in [1.807, 2.05) is 0 Å². The summed E-state index contributed by atoms with van der Waals surface area (Å²) in [5, 5.41) is 2.57. The minimum Gasteiger partial charge on any atom is -0.444 e. The van der Waals surface area contributed by atoms with Gasteiger partial charge in [-0.2, -0.15) is 8.42 Å². The minimum atomic E-state index is -4.47. The van der Waals surface area contributed by atoms with Gasteiger partial charge in [-0.15, -0.1) is 3.89 Å². The summed E-state index contributed by atoms with van der Waals surface area (Å²) in [4.78, 5) is 11.3. The van der Waals surface area contributed by atoms with Crippen LogP contribution < -0.4 is 5.32 Å². The summed E-state index contributed by atoms with van der Waals surface area (Å²) < 4.78 is 38.8. The highest BCUT2D eigenvalue weighted by molar-refractivity contribution is 7.86. The molecule has 0 aliphatic heterocycles. The molecule has 0 aliphatic carbocycles. The lowest BCUT2D eigenvalue weighted by Crippen LogP contribution is -2.33. The van der Waals surface area contributed by atoms with Gasteiger partial charge >= 0.3 is 16.3 Å². The second kappa shape index (κ2) is 6.54. The van der Waals surface area contributed by atoms with E-state index in [1.165, 1.54) is 0 Å². The van der Waals surface area contributed by atoms with E-state index in [1.54, 1.807) is 34.6 Å². The Labute approximate surface area is 115 Å². The molecule has 0 radical (unpaired) electrons. The number of carbonyl (C=O) groups excluding carboxylic acids is 1. The van der Waals surface area contributed by atoms with Crippen LogP contribution in [0.15, 0.2) is 0 Å². The van der Waals surface area contributed by atoms with Crippen LogP contribution in [0.5, 0.6) is 0 Å². The Hall–Kier alpha value is -0.850. The van der Waals surface area contributed by atoms with Gasteiger partial charge in [-0.1, -0.05) is 13.8 Å². The first-order valence-corrected chi connectivity index (χ1v) is 7.75. The van der Waals surface area contributed by atoms with Crippen LogP contribution >= 0.6 is 0 Å². The van der Waals surface area contributed by atoms with Gasteiger partial charge in [0.2, 0.25) is 0 Å². The number of hydrogen-bond donors (Lipinski definition) is 1. The molecule has 0 aromatic carbocycles. The normalized spacial score (nSPS) is 13.2. The predicted molar refractivity (Wildman–Crippen MR) is 72.1 cm³/mol. The van der Waals surface area contributed by atoms with Crippen LogP contribution in [-0.4, -0.2) is 32.4 Å². The van der Waals surface area contributed by atoms with Gasteiger partial charge in [-0.3, -0.25) is 0 Å². The van der Waals surface area contributed by atoms with Crippen molar-refractivity contribution >= 4 is 16.3 Å². The molecule has 0 rings (SSSR count). The Morgan fingerprint density at radius 1 is 1.21 bits per heavy atom. The number of ether oxygens (including phenoxy) is 1. The van der Waals surface area contributed by atoms with E-state index in [2.05, 4.69) is 5.32 Å². The molecular weight excluding hydrogens is 273 g/mol. The third-order valence-electron chi connectivity index (χ3n) is 2.26. The van der Waals surface area contributed by atoms with Gasteiger partial charge in [0.1, 0.15) is 5.60 Å². The van der Waals surface area contributed by atoms with Crippen molar-refractivity contribution in [1.29, 1.82) is 0 Å². The van der Waals surface area contributed by atoms with E-state index in [-0.39, 0.29) is 0 Å². The summed E-state index contributed by atoms with van der Waals surface area (Å²) in [6.07, 6.45) is 0.539. The Morgan fingerprint density at radius 2 is 1.74 bits per heavy atom. The molecule has 0 aromatic rings. The lowest BCUT2D eigenvalue weighted by atomic mass is 9.90. The highest BCUT2D eigenvalue weighted by Crippen LogP contribution is 2.24. The van der Waals surface area contributed by atoms with E-state index in [0.717, 1.165) is 0 Å². The molecule has 114 valence electrons. The average Bonchev–Trinajstić information content (AvgIpc) is 2.05. The van der Waals surface area contributed by atoms with E-state index in [9.17, 15) is 17.1 Å². The highest BCUT2D eigenvalue weighted by atomic mass is 32.3. The van der Waals surface area contributed by atoms with E-state index in [4.69, 9.17) is 4.74 Å². The first-order chi connectivity index (χ1) is 8.31. The zero-order valence-corrected chi connectivity index (χ0v) is 13.1. The molecule has 0 aromatic heterocycles. The number of alkyl carbamates (subject to hydrolysis) is 1. The summed E-state index contributed by atoms with van der Waals surface area (Å²) >= 11 is 0. The molecule has 7 heteroatoms. The van der Waals surface area contributed by atoms with Gasteiger partial charge in [0.15, 0.2) is 0 Å². The van der Waals surface area contributed by atoms with Gasteiger partial charge < -0.3 is 10.1 Å². The molecule has 5 nitrogen and oxygen atoms in total. The minimum absolute atomic E-state index is 0.366. The number of hydrogen-bond acceptors (Lipinski definition) is 4. The monoisotopic (exact) mass is 297 g/mol. The fourth-order valence-corrected chi connectivity index (χ4v) is 2.69. The molecule has 0 fully saturated rings. The smallest absolute Gasteiger partial charge is 0.407 e. The predicted octanol–water partition coefficient (Wildman–Crippen LogP) is 2.62.